The maximum absolute atomic E-state index is 13.0. The van der Waals surface area contributed by atoms with Gasteiger partial charge >= 0.3 is 6.18 Å². The largest absolute Gasteiger partial charge is 0.416 e. The van der Waals surface area contributed by atoms with Crippen LogP contribution in [0.25, 0.3) is 0 Å². The van der Waals surface area contributed by atoms with E-state index in [-0.39, 0.29) is 5.69 Å². The highest BCUT2D eigenvalue weighted by Crippen LogP contribution is 2.33. The van der Waals surface area contributed by atoms with Crippen LogP contribution < -0.4 is 9.62 Å². The van der Waals surface area contributed by atoms with Crippen LogP contribution in [0.4, 0.5) is 24.5 Å². The number of benzene rings is 2. The van der Waals surface area contributed by atoms with Gasteiger partial charge in [-0.25, -0.2) is 8.42 Å². The third-order valence-corrected chi connectivity index (χ3v) is 5.44. The average Bonchev–Trinajstić information content (AvgIpc) is 2.55. The highest BCUT2D eigenvalue weighted by Gasteiger charge is 2.34. The number of aryl methyl sites for hydroxylation is 1. The molecule has 0 bridgehead atoms. The van der Waals surface area contributed by atoms with E-state index in [0.29, 0.717) is 26.6 Å². The number of carbonyl (C=O) groups excluding carboxylic acids is 1. The summed E-state index contributed by atoms with van der Waals surface area (Å²) in [7, 11) is -4.05. The molecule has 0 radical (unpaired) electrons. The lowest BCUT2D eigenvalue weighted by atomic mass is 10.1. The van der Waals surface area contributed by atoms with Crippen LogP contribution in [0.3, 0.4) is 0 Å². The second-order valence-electron chi connectivity index (χ2n) is 6.23. The Hall–Kier alpha value is -2.26. The fourth-order valence-corrected chi connectivity index (χ4v) is 4.03. The third-order valence-electron chi connectivity index (χ3n) is 3.96. The van der Waals surface area contributed by atoms with E-state index >= 15 is 0 Å². The van der Waals surface area contributed by atoms with E-state index in [1.165, 1.54) is 13.0 Å². The fraction of sp³-hybridized carbons (Fsp3) is 0.278. The molecule has 5 nitrogen and oxygen atoms in total. The molecule has 0 fully saturated rings. The molecule has 0 saturated heterocycles. The molecule has 2 aromatic carbocycles. The summed E-state index contributed by atoms with van der Waals surface area (Å²) in [6, 6.07) is 7.23. The second-order valence-corrected chi connectivity index (χ2v) is 8.53. The molecule has 0 aliphatic carbocycles. The second kappa shape index (κ2) is 8.00. The molecular formula is C18H18ClF3N2O3S. The normalized spacial score (nSPS) is 13.1. The Labute approximate surface area is 166 Å². The topological polar surface area (TPSA) is 66.5 Å². The summed E-state index contributed by atoms with van der Waals surface area (Å²) in [5, 5.41) is 3.04. The first-order valence-electron chi connectivity index (χ1n) is 8.04. The van der Waals surface area contributed by atoms with Crippen LogP contribution in [0.15, 0.2) is 42.5 Å². The zero-order chi connectivity index (χ0) is 21.3. The predicted octanol–water partition coefficient (Wildman–Crippen LogP) is 4.46. The molecule has 10 heteroatoms. The van der Waals surface area contributed by atoms with Gasteiger partial charge in [-0.15, -0.1) is 0 Å². The summed E-state index contributed by atoms with van der Waals surface area (Å²) in [5.41, 5.74) is -0.204. The van der Waals surface area contributed by atoms with Crippen molar-refractivity contribution in [3.63, 3.8) is 0 Å². The van der Waals surface area contributed by atoms with E-state index in [1.807, 2.05) is 0 Å². The van der Waals surface area contributed by atoms with Crippen LogP contribution in [0, 0.1) is 6.92 Å². The Morgan fingerprint density at radius 1 is 1.18 bits per heavy atom. The monoisotopic (exact) mass is 434 g/mol. The van der Waals surface area contributed by atoms with Gasteiger partial charge in [0.25, 0.3) is 0 Å². The number of hydrogen-bond acceptors (Lipinski definition) is 3. The van der Waals surface area contributed by atoms with Crippen molar-refractivity contribution in [2.75, 3.05) is 15.9 Å². The van der Waals surface area contributed by atoms with Gasteiger partial charge in [0.1, 0.15) is 6.04 Å². The standard InChI is InChI=1S/C18H18ClF3N2O3S/c1-11-9-14(19)7-8-16(11)23-17(25)12(2)24(28(3,26)27)15-6-4-5-13(10-15)18(20,21)22/h4-10,12H,1-3H3,(H,23,25)/t12-/m0/s1. The van der Waals surface area contributed by atoms with E-state index in [0.717, 1.165) is 18.4 Å². The van der Waals surface area contributed by atoms with E-state index in [4.69, 9.17) is 11.6 Å². The molecule has 28 heavy (non-hydrogen) atoms. The number of rotatable bonds is 5. The van der Waals surface area contributed by atoms with Gasteiger partial charge < -0.3 is 5.32 Å². The number of halogens is 4. The lowest BCUT2D eigenvalue weighted by Gasteiger charge is -2.29. The third kappa shape index (κ3) is 5.17. The molecule has 0 aliphatic heterocycles. The lowest BCUT2D eigenvalue weighted by Crippen LogP contribution is -2.45. The van der Waals surface area contributed by atoms with E-state index in [9.17, 15) is 26.4 Å². The van der Waals surface area contributed by atoms with Crippen LogP contribution >= 0.6 is 11.6 Å². The number of hydrogen-bond donors (Lipinski definition) is 1. The van der Waals surface area contributed by atoms with Gasteiger partial charge in [0, 0.05) is 10.7 Å². The van der Waals surface area contributed by atoms with Crippen LogP contribution in [-0.2, 0) is 21.0 Å². The van der Waals surface area contributed by atoms with Crippen LogP contribution in [0.2, 0.25) is 5.02 Å². The minimum Gasteiger partial charge on any atom is -0.324 e. The summed E-state index contributed by atoms with van der Waals surface area (Å²) < 4.78 is 64.1. The number of nitrogens with one attached hydrogen (secondary N) is 1. The number of alkyl halides is 3. The fourth-order valence-electron chi connectivity index (χ4n) is 2.63. The van der Waals surface area contributed by atoms with Crippen molar-refractivity contribution in [1.29, 1.82) is 0 Å². The molecule has 0 saturated carbocycles. The molecule has 0 spiro atoms. The summed E-state index contributed by atoms with van der Waals surface area (Å²) >= 11 is 5.87. The number of nitrogens with zero attached hydrogens (tertiary/aromatic N) is 1. The Kier molecular flexibility index (Phi) is 6.30. The van der Waals surface area contributed by atoms with Crippen molar-refractivity contribution in [3.8, 4) is 0 Å². The molecule has 0 heterocycles. The molecule has 1 amide bonds. The van der Waals surface area contributed by atoms with Crippen molar-refractivity contribution in [1.82, 2.24) is 0 Å². The number of anilines is 2. The van der Waals surface area contributed by atoms with Gasteiger partial charge in [-0.2, -0.15) is 13.2 Å². The summed E-state index contributed by atoms with van der Waals surface area (Å²) in [6.07, 6.45) is -3.82. The van der Waals surface area contributed by atoms with Crippen molar-refractivity contribution < 1.29 is 26.4 Å². The van der Waals surface area contributed by atoms with E-state index in [1.54, 1.807) is 25.1 Å². The zero-order valence-electron chi connectivity index (χ0n) is 15.2. The van der Waals surface area contributed by atoms with E-state index in [2.05, 4.69) is 5.32 Å². The van der Waals surface area contributed by atoms with Crippen molar-refractivity contribution in [2.24, 2.45) is 0 Å². The van der Waals surface area contributed by atoms with Gasteiger partial charge in [0.05, 0.1) is 17.5 Å². The average molecular weight is 435 g/mol. The van der Waals surface area contributed by atoms with Gasteiger partial charge in [0.15, 0.2) is 0 Å². The van der Waals surface area contributed by atoms with Gasteiger partial charge in [-0.05, 0) is 55.8 Å². The first-order valence-corrected chi connectivity index (χ1v) is 10.3. The van der Waals surface area contributed by atoms with Crippen LogP contribution in [0.5, 0.6) is 0 Å². The first kappa shape index (κ1) is 22.0. The lowest BCUT2D eigenvalue weighted by molar-refractivity contribution is -0.137. The van der Waals surface area contributed by atoms with Crippen LogP contribution in [-0.4, -0.2) is 26.6 Å². The van der Waals surface area contributed by atoms with Crippen molar-refractivity contribution in [2.45, 2.75) is 26.1 Å². The molecule has 1 atom stereocenters. The molecule has 2 aromatic rings. The van der Waals surface area contributed by atoms with Gasteiger partial charge in [0.2, 0.25) is 15.9 Å². The molecule has 2 rings (SSSR count). The quantitative estimate of drug-likeness (QED) is 0.755. The minimum absolute atomic E-state index is 0.257. The van der Waals surface area contributed by atoms with Gasteiger partial charge in [-0.3, -0.25) is 9.10 Å². The number of amides is 1. The Bertz CT molecular complexity index is 994. The summed E-state index contributed by atoms with van der Waals surface area (Å²) in [5.74, 6) is -0.701. The highest BCUT2D eigenvalue weighted by molar-refractivity contribution is 7.92. The predicted molar refractivity (Wildman–Crippen MR) is 103 cm³/mol. The molecule has 152 valence electrons. The summed E-state index contributed by atoms with van der Waals surface area (Å²) in [4.78, 5) is 12.6. The van der Waals surface area contributed by atoms with Gasteiger partial charge in [-0.1, -0.05) is 17.7 Å². The molecule has 0 aromatic heterocycles. The number of sulfonamides is 1. The molecule has 0 unspecified atom stereocenters. The Morgan fingerprint density at radius 2 is 1.82 bits per heavy atom. The highest BCUT2D eigenvalue weighted by atomic mass is 35.5. The maximum Gasteiger partial charge on any atom is 0.416 e. The number of carbonyl (C=O) groups is 1. The van der Waals surface area contributed by atoms with Crippen molar-refractivity contribution >= 4 is 38.9 Å². The van der Waals surface area contributed by atoms with Crippen LogP contribution in [0.1, 0.15) is 18.1 Å². The molecule has 0 aliphatic rings. The maximum atomic E-state index is 13.0. The SMILES string of the molecule is Cc1cc(Cl)ccc1NC(=O)[C@H](C)N(c1cccc(C(F)(F)F)c1)S(C)(=O)=O. The Morgan fingerprint density at radius 3 is 2.36 bits per heavy atom. The first-order chi connectivity index (χ1) is 12.8. The zero-order valence-corrected chi connectivity index (χ0v) is 16.8. The van der Waals surface area contributed by atoms with Crippen molar-refractivity contribution in [3.05, 3.63) is 58.6 Å². The summed E-state index contributed by atoms with van der Waals surface area (Å²) in [6.45, 7) is 3.00. The molecule has 1 N–H and O–H groups in total. The molecular weight excluding hydrogens is 417 g/mol. The Balaban J connectivity index is 2.39. The van der Waals surface area contributed by atoms with E-state index < -0.39 is 33.7 Å². The smallest absolute Gasteiger partial charge is 0.324 e. The minimum atomic E-state index is -4.65.